The lowest BCUT2D eigenvalue weighted by Gasteiger charge is -2.14. The van der Waals surface area contributed by atoms with Crippen molar-refractivity contribution in [3.63, 3.8) is 0 Å². The third kappa shape index (κ3) is 4.96. The molecule has 26 heavy (non-hydrogen) atoms. The van der Waals surface area contributed by atoms with Gasteiger partial charge in [-0.05, 0) is 40.8 Å². The Morgan fingerprint density at radius 1 is 0.923 bits per heavy atom. The summed E-state index contributed by atoms with van der Waals surface area (Å²) in [6.45, 7) is 2.71. The van der Waals surface area contributed by atoms with Crippen LogP contribution >= 0.6 is 0 Å². The molecule has 0 spiro atoms. The third-order valence-electron chi connectivity index (χ3n) is 4.18. The zero-order valence-corrected chi connectivity index (χ0v) is 14.9. The van der Waals surface area contributed by atoms with Gasteiger partial charge in [-0.25, -0.2) is 0 Å². The zero-order chi connectivity index (χ0) is 18.2. The first-order chi connectivity index (χ1) is 12.7. The SMILES string of the molecule is CC(=O)NCCc1ccc(OCc2ccccc2)cc1-c1ccccc1. The molecule has 0 aliphatic carbocycles. The van der Waals surface area contributed by atoms with Crippen molar-refractivity contribution in [3.05, 3.63) is 90.0 Å². The van der Waals surface area contributed by atoms with Gasteiger partial charge in [-0.15, -0.1) is 0 Å². The summed E-state index contributed by atoms with van der Waals surface area (Å²) in [4.78, 5) is 11.1. The van der Waals surface area contributed by atoms with Crippen molar-refractivity contribution in [1.29, 1.82) is 0 Å². The highest BCUT2D eigenvalue weighted by Crippen LogP contribution is 2.29. The largest absolute Gasteiger partial charge is 0.489 e. The van der Waals surface area contributed by atoms with Gasteiger partial charge >= 0.3 is 0 Å². The zero-order valence-electron chi connectivity index (χ0n) is 14.9. The van der Waals surface area contributed by atoms with Crippen LogP contribution in [0.3, 0.4) is 0 Å². The molecule has 0 radical (unpaired) electrons. The molecule has 3 aromatic rings. The normalized spacial score (nSPS) is 10.3. The van der Waals surface area contributed by atoms with E-state index >= 15 is 0 Å². The van der Waals surface area contributed by atoms with Crippen molar-refractivity contribution in [2.45, 2.75) is 20.0 Å². The monoisotopic (exact) mass is 345 g/mol. The summed E-state index contributed by atoms with van der Waals surface area (Å²) in [5.74, 6) is 0.838. The van der Waals surface area contributed by atoms with Crippen LogP contribution < -0.4 is 10.1 Å². The maximum Gasteiger partial charge on any atom is 0.216 e. The van der Waals surface area contributed by atoms with Gasteiger partial charge in [-0.1, -0.05) is 66.7 Å². The number of amides is 1. The van der Waals surface area contributed by atoms with Crippen molar-refractivity contribution in [2.75, 3.05) is 6.54 Å². The Morgan fingerprint density at radius 3 is 2.31 bits per heavy atom. The van der Waals surface area contributed by atoms with E-state index in [2.05, 4.69) is 41.7 Å². The van der Waals surface area contributed by atoms with E-state index in [9.17, 15) is 4.79 Å². The van der Waals surface area contributed by atoms with Gasteiger partial charge in [-0.2, -0.15) is 0 Å². The predicted octanol–water partition coefficient (Wildman–Crippen LogP) is 4.61. The Bertz CT molecular complexity index is 845. The minimum atomic E-state index is -0.00549. The second-order valence-corrected chi connectivity index (χ2v) is 6.19. The fraction of sp³-hybridized carbons (Fsp3) is 0.174. The smallest absolute Gasteiger partial charge is 0.216 e. The van der Waals surface area contributed by atoms with Crippen molar-refractivity contribution < 1.29 is 9.53 Å². The minimum absolute atomic E-state index is 0.00549. The molecule has 3 aromatic carbocycles. The van der Waals surface area contributed by atoms with Crippen LogP contribution in [0.25, 0.3) is 11.1 Å². The van der Waals surface area contributed by atoms with Gasteiger partial charge in [0, 0.05) is 13.5 Å². The highest BCUT2D eigenvalue weighted by Gasteiger charge is 2.08. The van der Waals surface area contributed by atoms with Gasteiger partial charge < -0.3 is 10.1 Å². The summed E-state index contributed by atoms with van der Waals surface area (Å²) in [6, 6.07) is 26.6. The Balaban J connectivity index is 1.80. The second-order valence-electron chi connectivity index (χ2n) is 6.19. The molecule has 0 atom stereocenters. The van der Waals surface area contributed by atoms with Crippen LogP contribution in [0.4, 0.5) is 0 Å². The van der Waals surface area contributed by atoms with Gasteiger partial charge in [0.05, 0.1) is 0 Å². The van der Waals surface area contributed by atoms with E-state index < -0.39 is 0 Å². The Morgan fingerprint density at radius 2 is 1.62 bits per heavy atom. The molecule has 0 saturated heterocycles. The van der Waals surface area contributed by atoms with Crippen LogP contribution in [0.2, 0.25) is 0 Å². The molecule has 0 unspecified atom stereocenters. The number of hydrogen-bond donors (Lipinski definition) is 1. The summed E-state index contributed by atoms with van der Waals surface area (Å²) < 4.78 is 5.98. The summed E-state index contributed by atoms with van der Waals surface area (Å²) in [7, 11) is 0. The van der Waals surface area contributed by atoms with Gasteiger partial charge in [0.15, 0.2) is 0 Å². The first-order valence-corrected chi connectivity index (χ1v) is 8.82. The molecule has 0 aliphatic rings. The molecule has 0 aliphatic heterocycles. The average Bonchev–Trinajstić information content (AvgIpc) is 2.68. The maximum absolute atomic E-state index is 11.1. The molecule has 0 aromatic heterocycles. The fourth-order valence-corrected chi connectivity index (χ4v) is 2.86. The summed E-state index contributed by atoms with van der Waals surface area (Å²) >= 11 is 0. The summed E-state index contributed by atoms with van der Waals surface area (Å²) in [5, 5.41) is 2.86. The number of carbonyl (C=O) groups is 1. The van der Waals surface area contributed by atoms with E-state index in [-0.39, 0.29) is 5.91 Å². The number of benzene rings is 3. The molecule has 3 heteroatoms. The molecule has 1 N–H and O–H groups in total. The Labute approximate surface area is 154 Å². The molecular formula is C23H23NO2. The fourth-order valence-electron chi connectivity index (χ4n) is 2.86. The molecule has 0 heterocycles. The predicted molar refractivity (Wildman–Crippen MR) is 105 cm³/mol. The van der Waals surface area contributed by atoms with Crippen molar-refractivity contribution >= 4 is 5.91 Å². The molecule has 3 rings (SSSR count). The van der Waals surface area contributed by atoms with Crippen LogP contribution in [-0.4, -0.2) is 12.5 Å². The number of carbonyl (C=O) groups excluding carboxylic acids is 1. The maximum atomic E-state index is 11.1. The van der Waals surface area contributed by atoms with Crippen molar-refractivity contribution in [1.82, 2.24) is 5.32 Å². The van der Waals surface area contributed by atoms with E-state index in [1.54, 1.807) is 6.92 Å². The van der Waals surface area contributed by atoms with E-state index in [1.165, 1.54) is 5.56 Å². The minimum Gasteiger partial charge on any atom is -0.489 e. The first kappa shape index (κ1) is 17.7. The Hall–Kier alpha value is -3.07. The van der Waals surface area contributed by atoms with E-state index in [0.29, 0.717) is 13.2 Å². The first-order valence-electron chi connectivity index (χ1n) is 8.82. The summed E-state index contributed by atoms with van der Waals surface area (Å²) in [5.41, 5.74) is 4.62. The lowest BCUT2D eigenvalue weighted by molar-refractivity contribution is -0.118. The van der Waals surface area contributed by atoms with Crippen molar-refractivity contribution in [2.24, 2.45) is 0 Å². The highest BCUT2D eigenvalue weighted by molar-refractivity contribution is 5.73. The van der Waals surface area contributed by atoms with Gasteiger partial charge in [0.1, 0.15) is 12.4 Å². The molecular weight excluding hydrogens is 322 g/mol. The van der Waals surface area contributed by atoms with Crippen molar-refractivity contribution in [3.8, 4) is 16.9 Å². The van der Waals surface area contributed by atoms with Crippen LogP contribution in [0.5, 0.6) is 5.75 Å². The van der Waals surface area contributed by atoms with E-state index in [0.717, 1.165) is 28.9 Å². The topological polar surface area (TPSA) is 38.3 Å². The molecule has 132 valence electrons. The molecule has 1 amide bonds. The van der Waals surface area contributed by atoms with E-state index in [1.807, 2.05) is 42.5 Å². The molecule has 0 saturated carbocycles. The quantitative estimate of drug-likeness (QED) is 0.679. The Kier molecular flexibility index (Phi) is 6.05. The summed E-state index contributed by atoms with van der Waals surface area (Å²) in [6.07, 6.45) is 0.781. The lowest BCUT2D eigenvalue weighted by atomic mass is 9.97. The molecule has 0 bridgehead atoms. The third-order valence-corrected chi connectivity index (χ3v) is 4.18. The molecule has 3 nitrogen and oxygen atoms in total. The number of nitrogens with one attached hydrogen (secondary N) is 1. The molecule has 0 fully saturated rings. The van der Waals surface area contributed by atoms with Crippen LogP contribution in [0.1, 0.15) is 18.1 Å². The lowest BCUT2D eigenvalue weighted by Crippen LogP contribution is -2.22. The van der Waals surface area contributed by atoms with Gasteiger partial charge in [0.25, 0.3) is 0 Å². The standard InChI is InChI=1S/C23H23NO2/c1-18(25)24-15-14-21-12-13-22(26-17-19-8-4-2-5-9-19)16-23(21)20-10-6-3-7-11-20/h2-13,16H,14-15,17H2,1H3,(H,24,25). The number of ether oxygens (including phenoxy) is 1. The van der Waals surface area contributed by atoms with Gasteiger partial charge in [0.2, 0.25) is 5.91 Å². The number of rotatable bonds is 7. The van der Waals surface area contributed by atoms with Crippen LogP contribution in [0.15, 0.2) is 78.9 Å². The highest BCUT2D eigenvalue weighted by atomic mass is 16.5. The van der Waals surface area contributed by atoms with Gasteiger partial charge in [-0.3, -0.25) is 4.79 Å². The van der Waals surface area contributed by atoms with Crippen LogP contribution in [-0.2, 0) is 17.8 Å². The average molecular weight is 345 g/mol. The number of hydrogen-bond acceptors (Lipinski definition) is 2. The second kappa shape index (κ2) is 8.86. The van der Waals surface area contributed by atoms with E-state index in [4.69, 9.17) is 4.74 Å². The van der Waals surface area contributed by atoms with Crippen LogP contribution in [0, 0.1) is 0 Å².